The Morgan fingerprint density at radius 2 is 1.37 bits per heavy atom. The molecule has 0 amide bonds. The molecule has 2 aromatic carbocycles. The standard InChI is InChI=1S/C16H17O2P/c1-13(17)18-14(2)19(15-9-5-3-6-10-15)16-11-7-4-8-12-16/h3-12,14H,1-2H3. The van der Waals surface area contributed by atoms with Gasteiger partial charge in [0.1, 0.15) is 5.85 Å². The highest BCUT2D eigenvalue weighted by Gasteiger charge is 2.22. The number of esters is 1. The molecule has 0 radical (unpaired) electrons. The van der Waals surface area contributed by atoms with Gasteiger partial charge in [-0.3, -0.25) is 4.79 Å². The van der Waals surface area contributed by atoms with E-state index in [1.165, 1.54) is 17.5 Å². The molecular formula is C16H17O2P. The summed E-state index contributed by atoms with van der Waals surface area (Å²) in [6.07, 6.45) is 0. The van der Waals surface area contributed by atoms with Gasteiger partial charge in [0, 0.05) is 6.92 Å². The van der Waals surface area contributed by atoms with Gasteiger partial charge in [0.15, 0.2) is 0 Å². The van der Waals surface area contributed by atoms with Crippen LogP contribution in [0.2, 0.25) is 0 Å². The summed E-state index contributed by atoms with van der Waals surface area (Å²) in [5, 5.41) is 2.44. The lowest BCUT2D eigenvalue weighted by Crippen LogP contribution is -2.23. The zero-order valence-corrected chi connectivity index (χ0v) is 12.0. The Labute approximate surface area is 115 Å². The molecule has 1 unspecified atom stereocenters. The van der Waals surface area contributed by atoms with Gasteiger partial charge in [0.25, 0.3) is 0 Å². The third kappa shape index (κ3) is 3.65. The summed E-state index contributed by atoms with van der Waals surface area (Å²) in [5.41, 5.74) is 0. The molecule has 0 saturated heterocycles. The number of hydrogen-bond donors (Lipinski definition) is 0. The van der Waals surface area contributed by atoms with Gasteiger partial charge in [-0.05, 0) is 25.5 Å². The second-order valence-electron chi connectivity index (χ2n) is 4.25. The smallest absolute Gasteiger partial charge is 0.303 e. The van der Waals surface area contributed by atoms with E-state index in [1.54, 1.807) is 0 Å². The molecule has 0 N–H and O–H groups in total. The Morgan fingerprint density at radius 1 is 0.947 bits per heavy atom. The number of carbonyl (C=O) groups is 1. The van der Waals surface area contributed by atoms with Gasteiger partial charge >= 0.3 is 5.97 Å². The van der Waals surface area contributed by atoms with Crippen molar-refractivity contribution in [2.75, 3.05) is 0 Å². The van der Waals surface area contributed by atoms with E-state index in [2.05, 4.69) is 24.3 Å². The maximum Gasteiger partial charge on any atom is 0.303 e. The summed E-state index contributed by atoms with van der Waals surface area (Å²) in [6.45, 7) is 3.42. The molecular weight excluding hydrogens is 255 g/mol. The van der Waals surface area contributed by atoms with E-state index in [4.69, 9.17) is 4.74 Å². The predicted molar refractivity (Wildman–Crippen MR) is 80.3 cm³/mol. The Kier molecular flexibility index (Phi) is 4.70. The zero-order chi connectivity index (χ0) is 13.7. The van der Waals surface area contributed by atoms with E-state index in [-0.39, 0.29) is 11.8 Å². The first-order chi connectivity index (χ1) is 9.18. The van der Waals surface area contributed by atoms with Crippen molar-refractivity contribution in [3.8, 4) is 0 Å². The monoisotopic (exact) mass is 272 g/mol. The Hall–Kier alpha value is -1.66. The first-order valence-corrected chi connectivity index (χ1v) is 7.66. The molecule has 0 saturated carbocycles. The molecule has 0 spiro atoms. The van der Waals surface area contributed by atoms with Crippen LogP contribution in [0.25, 0.3) is 0 Å². The minimum Gasteiger partial charge on any atom is -0.458 e. The summed E-state index contributed by atoms with van der Waals surface area (Å²) in [6, 6.07) is 20.5. The Morgan fingerprint density at radius 3 is 1.74 bits per heavy atom. The molecule has 2 aromatic rings. The summed E-state index contributed by atoms with van der Waals surface area (Å²) in [4.78, 5) is 11.2. The van der Waals surface area contributed by atoms with Crippen LogP contribution in [0.3, 0.4) is 0 Å². The predicted octanol–water partition coefficient (Wildman–Crippen LogP) is 3.03. The molecule has 0 aliphatic heterocycles. The quantitative estimate of drug-likeness (QED) is 0.631. The van der Waals surface area contributed by atoms with Crippen LogP contribution in [-0.2, 0) is 9.53 Å². The van der Waals surface area contributed by atoms with Gasteiger partial charge in [-0.2, -0.15) is 0 Å². The lowest BCUT2D eigenvalue weighted by Gasteiger charge is -2.25. The number of hydrogen-bond acceptors (Lipinski definition) is 2. The lowest BCUT2D eigenvalue weighted by molar-refractivity contribution is -0.141. The molecule has 0 fully saturated rings. The first-order valence-electron chi connectivity index (χ1n) is 6.25. The van der Waals surface area contributed by atoms with E-state index in [0.717, 1.165) is 0 Å². The van der Waals surface area contributed by atoms with E-state index < -0.39 is 7.92 Å². The van der Waals surface area contributed by atoms with E-state index >= 15 is 0 Å². The molecule has 2 rings (SSSR count). The number of rotatable bonds is 4. The van der Waals surface area contributed by atoms with Gasteiger partial charge in [-0.1, -0.05) is 60.7 Å². The summed E-state index contributed by atoms with van der Waals surface area (Å²) >= 11 is 0. The third-order valence-corrected chi connectivity index (χ3v) is 5.31. The van der Waals surface area contributed by atoms with Crippen LogP contribution in [-0.4, -0.2) is 11.8 Å². The number of carbonyl (C=O) groups excluding carboxylic acids is 1. The van der Waals surface area contributed by atoms with Crippen LogP contribution in [0, 0.1) is 0 Å². The summed E-state index contributed by atoms with van der Waals surface area (Å²) < 4.78 is 5.41. The molecule has 19 heavy (non-hydrogen) atoms. The Balaban J connectivity index is 2.37. The van der Waals surface area contributed by atoms with Crippen LogP contribution in [0.1, 0.15) is 13.8 Å². The minimum atomic E-state index is -0.688. The maximum absolute atomic E-state index is 11.2. The van der Waals surface area contributed by atoms with Crippen molar-refractivity contribution in [1.29, 1.82) is 0 Å². The average molecular weight is 272 g/mol. The topological polar surface area (TPSA) is 26.3 Å². The Bertz CT molecular complexity index is 485. The molecule has 0 aromatic heterocycles. The van der Waals surface area contributed by atoms with Crippen LogP contribution in [0.4, 0.5) is 0 Å². The lowest BCUT2D eigenvalue weighted by atomic mass is 10.4. The molecule has 2 nitrogen and oxygen atoms in total. The molecule has 0 bridgehead atoms. The second kappa shape index (κ2) is 6.49. The largest absolute Gasteiger partial charge is 0.458 e. The SMILES string of the molecule is CC(=O)OC(C)P(c1ccccc1)c1ccccc1. The van der Waals surface area contributed by atoms with Crippen molar-refractivity contribution in [3.05, 3.63) is 60.7 Å². The molecule has 3 heteroatoms. The summed E-state index contributed by atoms with van der Waals surface area (Å²) in [7, 11) is -0.688. The second-order valence-corrected chi connectivity index (χ2v) is 6.75. The summed E-state index contributed by atoms with van der Waals surface area (Å²) in [5.74, 6) is -0.357. The van der Waals surface area contributed by atoms with Crippen LogP contribution in [0.5, 0.6) is 0 Å². The van der Waals surface area contributed by atoms with Gasteiger partial charge in [0.2, 0.25) is 0 Å². The molecule has 0 heterocycles. The van der Waals surface area contributed by atoms with Crippen molar-refractivity contribution in [2.24, 2.45) is 0 Å². The fourth-order valence-electron chi connectivity index (χ4n) is 2.04. The highest BCUT2D eigenvalue weighted by atomic mass is 31.1. The maximum atomic E-state index is 11.2. The van der Waals surface area contributed by atoms with Crippen LogP contribution < -0.4 is 10.6 Å². The fraction of sp³-hybridized carbons (Fsp3) is 0.188. The van der Waals surface area contributed by atoms with Crippen molar-refractivity contribution in [1.82, 2.24) is 0 Å². The fourth-order valence-corrected chi connectivity index (χ4v) is 4.42. The van der Waals surface area contributed by atoms with E-state index in [0.29, 0.717) is 0 Å². The molecule has 98 valence electrons. The van der Waals surface area contributed by atoms with Gasteiger partial charge in [-0.25, -0.2) is 0 Å². The molecule has 1 atom stereocenters. The molecule has 0 aliphatic rings. The average Bonchev–Trinajstić information content (AvgIpc) is 2.40. The van der Waals surface area contributed by atoms with E-state index in [9.17, 15) is 4.79 Å². The highest BCUT2D eigenvalue weighted by molar-refractivity contribution is 7.73. The third-order valence-electron chi connectivity index (χ3n) is 2.77. The van der Waals surface area contributed by atoms with Gasteiger partial charge < -0.3 is 4.74 Å². The van der Waals surface area contributed by atoms with Gasteiger partial charge in [-0.15, -0.1) is 0 Å². The number of benzene rings is 2. The highest BCUT2D eigenvalue weighted by Crippen LogP contribution is 2.39. The van der Waals surface area contributed by atoms with Crippen molar-refractivity contribution >= 4 is 24.5 Å². The normalized spacial score (nSPS) is 12.2. The van der Waals surface area contributed by atoms with Gasteiger partial charge in [0.05, 0.1) is 0 Å². The van der Waals surface area contributed by atoms with Crippen molar-refractivity contribution < 1.29 is 9.53 Å². The van der Waals surface area contributed by atoms with Crippen molar-refractivity contribution in [2.45, 2.75) is 19.7 Å². The first kappa shape index (κ1) is 13.8. The molecule has 0 aliphatic carbocycles. The number of ether oxygens (including phenoxy) is 1. The van der Waals surface area contributed by atoms with Crippen LogP contribution in [0.15, 0.2) is 60.7 Å². The van der Waals surface area contributed by atoms with E-state index in [1.807, 2.05) is 43.3 Å². The van der Waals surface area contributed by atoms with Crippen LogP contribution >= 0.6 is 7.92 Å². The zero-order valence-electron chi connectivity index (χ0n) is 11.1. The minimum absolute atomic E-state index is 0.128. The van der Waals surface area contributed by atoms with Crippen molar-refractivity contribution in [3.63, 3.8) is 0 Å².